The van der Waals surface area contributed by atoms with Crippen LogP contribution in [-0.4, -0.2) is 18.9 Å². The van der Waals surface area contributed by atoms with Crippen molar-refractivity contribution in [3.63, 3.8) is 0 Å². The molecule has 0 fully saturated rings. The van der Waals surface area contributed by atoms with Gasteiger partial charge in [-0.25, -0.2) is 0 Å². The third-order valence-corrected chi connectivity index (χ3v) is 0. The molecule has 0 N–H and O–H groups in total. The standard InChI is InChI=1S/Cr.Li.Mn.O.H. The van der Waals surface area contributed by atoms with E-state index in [4.69, 9.17) is 3.83 Å². The molecule has 0 unspecified atom stereocenters. The zero-order valence-corrected chi connectivity index (χ0v) is 3.65. The Morgan fingerprint density at radius 2 is 1.25 bits per heavy atom. The van der Waals surface area contributed by atoms with E-state index in [2.05, 4.69) is 0 Å². The average Bonchev–Trinajstić information content (AvgIpc) is 1.00. The molecule has 0 bridgehead atoms. The van der Waals surface area contributed by atoms with Crippen LogP contribution in [-0.2, 0) is 37.1 Å². The summed E-state index contributed by atoms with van der Waals surface area (Å²) in [5.74, 6) is 0. The first-order valence-electron chi connectivity index (χ1n) is 0.154. The van der Waals surface area contributed by atoms with E-state index in [9.17, 15) is 0 Å². The van der Waals surface area contributed by atoms with Gasteiger partial charge >= 0.3 is 38.6 Å². The van der Waals surface area contributed by atoms with Gasteiger partial charge in [-0.15, -0.1) is 0 Å². The first-order valence-corrected chi connectivity index (χ1v) is 0.636. The molecule has 0 aromatic carbocycles. The van der Waals surface area contributed by atoms with E-state index in [0.29, 0.717) is 0 Å². The number of hydrogen-bond acceptors (Lipinski definition) is 1. The minimum absolute atomic E-state index is 0. The van der Waals surface area contributed by atoms with Crippen LogP contribution in [0.1, 0.15) is 0 Å². The van der Waals surface area contributed by atoms with Crippen molar-refractivity contribution >= 4 is 18.9 Å². The normalized spacial score (nSPS) is 1.00. The van der Waals surface area contributed by atoms with Crippen molar-refractivity contribution in [2.45, 2.75) is 0 Å². The Kier molecular flexibility index (Phi) is 113. The third-order valence-electron chi connectivity index (χ3n) is 0. The van der Waals surface area contributed by atoms with Crippen molar-refractivity contribution in [3.8, 4) is 0 Å². The number of hydrogen-bond donors (Lipinski definition) is 0. The first-order chi connectivity index (χ1) is 1.00. The van der Waals surface area contributed by atoms with Gasteiger partial charge in [-0.1, -0.05) is 0 Å². The zero-order valence-electron chi connectivity index (χ0n) is 1.19. The monoisotopic (exact) mass is 131 g/mol. The van der Waals surface area contributed by atoms with Crippen molar-refractivity contribution in [1.82, 2.24) is 0 Å². The van der Waals surface area contributed by atoms with Gasteiger partial charge in [0.25, 0.3) is 0 Å². The molecule has 0 saturated carbocycles. The number of rotatable bonds is 0. The Bertz CT molecular complexity index is 8.00. The summed E-state index contributed by atoms with van der Waals surface area (Å²) in [6.07, 6.45) is 0. The predicted octanol–water partition coefficient (Wildman–Crippen LogP) is -0.772. The molecular formula is HCrLiMnO. The van der Waals surface area contributed by atoms with Crippen LogP contribution in [0.4, 0.5) is 0 Å². The molecule has 0 rings (SSSR count). The Hall–Kier alpha value is 1.45. The molecule has 0 spiro atoms. The van der Waals surface area contributed by atoms with Crippen LogP contribution in [0.3, 0.4) is 0 Å². The van der Waals surface area contributed by atoms with Crippen molar-refractivity contribution in [2.75, 3.05) is 0 Å². The second kappa shape index (κ2) is 25.2. The van der Waals surface area contributed by atoms with E-state index >= 15 is 0 Å². The summed E-state index contributed by atoms with van der Waals surface area (Å²) in [4.78, 5) is 0. The molecule has 0 aliphatic heterocycles. The van der Waals surface area contributed by atoms with Crippen LogP contribution in [0.5, 0.6) is 0 Å². The van der Waals surface area contributed by atoms with Crippen LogP contribution in [0.15, 0.2) is 0 Å². The third kappa shape index (κ3) is 9.85. The van der Waals surface area contributed by atoms with Crippen molar-refractivity contribution in [3.05, 3.63) is 0 Å². The van der Waals surface area contributed by atoms with Gasteiger partial charge in [0.1, 0.15) is 0 Å². The molecule has 21 valence electrons. The molecular weight excluding hydrogens is 130 g/mol. The molecule has 0 aromatic heterocycles. The molecule has 0 aromatic rings. The fourth-order valence-electron chi connectivity index (χ4n) is 0. The predicted molar refractivity (Wildman–Crippen MR) is 7.84 cm³/mol. The molecule has 4 heavy (non-hydrogen) atoms. The van der Waals surface area contributed by atoms with Crippen LogP contribution >= 0.6 is 0 Å². The summed E-state index contributed by atoms with van der Waals surface area (Å²) in [5.41, 5.74) is 0. The SMILES string of the molecule is [Cr].[LiH].[O]=[Mn]. The van der Waals surface area contributed by atoms with Crippen molar-refractivity contribution in [2.24, 2.45) is 0 Å². The second-order valence-electron chi connectivity index (χ2n) is 0. The first kappa shape index (κ1) is 18.0. The van der Waals surface area contributed by atoms with Crippen LogP contribution < -0.4 is 0 Å². The summed E-state index contributed by atoms with van der Waals surface area (Å²) in [6, 6.07) is 0. The van der Waals surface area contributed by atoms with Gasteiger partial charge in [0.05, 0.1) is 0 Å². The Balaban J connectivity index is -0.00000000500. The van der Waals surface area contributed by atoms with Gasteiger partial charge in [-0.05, 0) is 0 Å². The summed E-state index contributed by atoms with van der Waals surface area (Å²) < 4.78 is 8.06. The van der Waals surface area contributed by atoms with E-state index in [1.807, 2.05) is 0 Å². The minimum atomic E-state index is 0. The van der Waals surface area contributed by atoms with Crippen LogP contribution in [0.2, 0.25) is 0 Å². The van der Waals surface area contributed by atoms with Crippen LogP contribution in [0, 0.1) is 0 Å². The topological polar surface area (TPSA) is 17.1 Å². The Morgan fingerprint density at radius 1 is 1.25 bits per heavy atom. The summed E-state index contributed by atoms with van der Waals surface area (Å²) in [5, 5.41) is 0. The molecule has 0 aliphatic rings. The zero-order chi connectivity index (χ0) is 2.00. The summed E-state index contributed by atoms with van der Waals surface area (Å²) >= 11 is 1.69. The molecule has 0 aliphatic carbocycles. The maximum absolute atomic E-state index is 8.06. The average molecular weight is 131 g/mol. The van der Waals surface area contributed by atoms with Gasteiger partial charge in [0, 0.05) is 17.4 Å². The van der Waals surface area contributed by atoms with E-state index in [1.165, 1.54) is 0 Å². The molecule has 0 heterocycles. The van der Waals surface area contributed by atoms with Gasteiger partial charge in [-0.2, -0.15) is 0 Å². The van der Waals surface area contributed by atoms with Gasteiger partial charge in [0.15, 0.2) is 0 Å². The van der Waals surface area contributed by atoms with Gasteiger partial charge < -0.3 is 0 Å². The van der Waals surface area contributed by atoms with E-state index in [0.717, 1.165) is 0 Å². The molecule has 0 saturated heterocycles. The quantitative estimate of drug-likeness (QED) is 0.394. The van der Waals surface area contributed by atoms with E-state index in [-0.39, 0.29) is 36.2 Å². The van der Waals surface area contributed by atoms with Gasteiger partial charge in [0.2, 0.25) is 0 Å². The summed E-state index contributed by atoms with van der Waals surface area (Å²) in [7, 11) is 0. The summed E-state index contributed by atoms with van der Waals surface area (Å²) in [6.45, 7) is 0. The fraction of sp³-hybridized carbons (Fsp3) is 0. The fourth-order valence-corrected chi connectivity index (χ4v) is 0. The maximum atomic E-state index is 8.06. The van der Waals surface area contributed by atoms with Crippen molar-refractivity contribution < 1.29 is 37.1 Å². The van der Waals surface area contributed by atoms with Crippen molar-refractivity contribution in [1.29, 1.82) is 0 Å². The molecule has 0 amide bonds. The van der Waals surface area contributed by atoms with Crippen LogP contribution in [0.25, 0.3) is 0 Å². The second-order valence-corrected chi connectivity index (χ2v) is 0. The molecule has 0 radical (unpaired) electrons. The molecule has 1 nitrogen and oxygen atoms in total. The molecule has 0 atom stereocenters. The Labute approximate surface area is 55.9 Å². The van der Waals surface area contributed by atoms with E-state index in [1.54, 1.807) is 15.9 Å². The van der Waals surface area contributed by atoms with Gasteiger partial charge in [-0.3, -0.25) is 0 Å². The van der Waals surface area contributed by atoms with E-state index < -0.39 is 0 Å². The Morgan fingerprint density at radius 3 is 1.25 bits per heavy atom. The molecule has 4 heteroatoms.